The van der Waals surface area contributed by atoms with Crippen LogP contribution in [0.3, 0.4) is 0 Å². The van der Waals surface area contributed by atoms with Crippen molar-refractivity contribution in [1.29, 1.82) is 0 Å². The van der Waals surface area contributed by atoms with Crippen LogP contribution in [0.15, 0.2) is 0 Å². The third-order valence-corrected chi connectivity index (χ3v) is 9.17. The predicted octanol–water partition coefficient (Wildman–Crippen LogP) is 3.75. The number of thioether (sulfide) groups is 1. The van der Waals surface area contributed by atoms with Gasteiger partial charge in [0, 0.05) is 48.3 Å². The van der Waals surface area contributed by atoms with E-state index < -0.39 is 0 Å². The van der Waals surface area contributed by atoms with Gasteiger partial charge in [-0.25, -0.2) is 4.79 Å². The molecule has 3 atom stereocenters. The van der Waals surface area contributed by atoms with Gasteiger partial charge in [0.15, 0.2) is 0 Å². The van der Waals surface area contributed by atoms with Gasteiger partial charge in [0.2, 0.25) is 5.91 Å². The molecule has 0 aromatic carbocycles. The molecule has 2 saturated heterocycles. The molecule has 2 aliphatic rings. The first-order valence-electron chi connectivity index (χ1n) is 10.8. The van der Waals surface area contributed by atoms with Crippen LogP contribution < -0.4 is 16.0 Å². The number of unbranched alkanes of at least 4 members (excludes halogenated alkanes) is 2. The summed E-state index contributed by atoms with van der Waals surface area (Å²) in [6.45, 7) is 2.90. The smallest absolute Gasteiger partial charge is 0.315 e. The van der Waals surface area contributed by atoms with Crippen LogP contribution in [0.5, 0.6) is 0 Å². The summed E-state index contributed by atoms with van der Waals surface area (Å²) in [7, 11) is 3.48. The summed E-state index contributed by atoms with van der Waals surface area (Å²) in [5, 5.41) is 9.39. The second kappa shape index (κ2) is 14.5. The average molecular weight is 462 g/mol. The Bertz CT molecular complexity index is 536. The Hall–Kier alpha value is -0.540. The van der Waals surface area contributed by atoms with Gasteiger partial charge >= 0.3 is 6.03 Å². The number of Topliss-reactive ketones (excluding diaryl/α,β-unsaturated/α-hetero) is 1. The molecule has 2 rings (SSSR count). The highest BCUT2D eigenvalue weighted by Crippen LogP contribution is 2.33. The van der Waals surface area contributed by atoms with Crippen LogP contribution in [0.4, 0.5) is 4.79 Å². The Morgan fingerprint density at radius 2 is 1.86 bits per heavy atom. The largest absolute Gasteiger partial charge is 0.356 e. The Morgan fingerprint density at radius 1 is 1.07 bits per heavy atom. The number of fused-ring (bicyclic) bond motifs is 1. The molecule has 9 heteroatoms. The first-order valence-corrected chi connectivity index (χ1v) is 14.3. The van der Waals surface area contributed by atoms with Crippen molar-refractivity contribution in [2.45, 2.75) is 82.0 Å². The number of carbonyl (C=O) groups excluding carboxylic acids is 3. The number of ketones is 1. The van der Waals surface area contributed by atoms with Crippen LogP contribution in [-0.2, 0) is 9.59 Å². The van der Waals surface area contributed by atoms with Crippen molar-refractivity contribution in [2.75, 3.05) is 23.8 Å². The zero-order chi connectivity index (χ0) is 20.9. The highest BCUT2D eigenvalue weighted by molar-refractivity contribution is 8.76. The van der Waals surface area contributed by atoms with E-state index in [4.69, 9.17) is 0 Å². The molecular weight excluding hydrogens is 426 g/mol. The number of hydrogen-bond acceptors (Lipinski definition) is 6. The number of nitrogens with one attached hydrogen (secondary N) is 3. The van der Waals surface area contributed by atoms with Gasteiger partial charge in [-0.15, -0.1) is 0 Å². The van der Waals surface area contributed by atoms with E-state index in [-0.39, 0.29) is 24.0 Å². The van der Waals surface area contributed by atoms with Crippen molar-refractivity contribution >= 4 is 51.1 Å². The van der Waals surface area contributed by atoms with Crippen molar-refractivity contribution in [1.82, 2.24) is 16.0 Å². The second-order valence-electron chi connectivity index (χ2n) is 7.61. The summed E-state index contributed by atoms with van der Waals surface area (Å²) in [6, 6.07) is 0.511. The monoisotopic (exact) mass is 461 g/mol. The van der Waals surface area contributed by atoms with Crippen LogP contribution in [-0.4, -0.2) is 58.9 Å². The summed E-state index contributed by atoms with van der Waals surface area (Å²) in [5.74, 6) is 3.28. The Balaban J connectivity index is 1.37. The van der Waals surface area contributed by atoms with Gasteiger partial charge in [-0.2, -0.15) is 11.8 Å². The maximum Gasteiger partial charge on any atom is 0.315 e. The summed E-state index contributed by atoms with van der Waals surface area (Å²) in [5.41, 5.74) is 0. The minimum Gasteiger partial charge on any atom is -0.356 e. The van der Waals surface area contributed by atoms with Gasteiger partial charge in [0.25, 0.3) is 0 Å². The maximum absolute atomic E-state index is 12.0. The molecule has 3 amide bonds. The Morgan fingerprint density at radius 3 is 2.69 bits per heavy atom. The number of urea groups is 1. The van der Waals surface area contributed by atoms with Gasteiger partial charge in [-0.1, -0.05) is 41.4 Å². The van der Waals surface area contributed by atoms with Gasteiger partial charge in [-0.3, -0.25) is 9.59 Å². The first-order chi connectivity index (χ1) is 14.1. The van der Waals surface area contributed by atoms with E-state index in [0.717, 1.165) is 62.3 Å². The van der Waals surface area contributed by atoms with E-state index >= 15 is 0 Å². The zero-order valence-corrected chi connectivity index (χ0v) is 19.8. The Kier molecular flexibility index (Phi) is 12.3. The number of rotatable bonds is 16. The fraction of sp³-hybridized carbons (Fsp3) is 0.850. The molecule has 2 aliphatic heterocycles. The van der Waals surface area contributed by atoms with Gasteiger partial charge in [0.1, 0.15) is 5.78 Å². The van der Waals surface area contributed by atoms with E-state index in [1.54, 1.807) is 21.6 Å². The van der Waals surface area contributed by atoms with E-state index in [0.29, 0.717) is 30.3 Å². The molecule has 0 radical (unpaired) electrons. The molecule has 166 valence electrons. The molecule has 0 aliphatic carbocycles. The van der Waals surface area contributed by atoms with E-state index in [9.17, 15) is 14.4 Å². The van der Waals surface area contributed by atoms with Crippen LogP contribution in [0.2, 0.25) is 0 Å². The number of amides is 3. The normalized spacial score (nSPS) is 22.8. The zero-order valence-electron chi connectivity index (χ0n) is 17.4. The van der Waals surface area contributed by atoms with E-state index in [2.05, 4.69) is 22.9 Å². The fourth-order valence-corrected chi connectivity index (χ4v) is 7.13. The molecule has 0 spiro atoms. The standard InChI is InChI=1S/C20H35N3O3S3/c1-2-3-11-21-18(25)10-13-29-28-12-6-8-15(24)7-4-5-9-17-19-16(14-27-17)22-20(26)23-19/h16-17,19H,2-14H2,1H3,(H,21,25)(H2,22,23,26). The SMILES string of the molecule is CCCCNC(=O)CCSSCCCC(=O)CCCCC1SCC2NC(=O)NC21. The highest BCUT2D eigenvalue weighted by Gasteiger charge is 2.42. The maximum atomic E-state index is 12.0. The first kappa shape index (κ1) is 24.7. The van der Waals surface area contributed by atoms with Crippen LogP contribution >= 0.6 is 33.3 Å². The lowest BCUT2D eigenvalue weighted by atomic mass is 10.0. The molecule has 3 N–H and O–H groups in total. The molecule has 0 bridgehead atoms. The molecule has 6 nitrogen and oxygen atoms in total. The third-order valence-electron chi connectivity index (χ3n) is 5.16. The molecule has 0 aromatic rings. The number of hydrogen-bond donors (Lipinski definition) is 3. The van der Waals surface area contributed by atoms with Crippen LogP contribution in [0.25, 0.3) is 0 Å². The van der Waals surface area contributed by atoms with Crippen molar-refractivity contribution < 1.29 is 14.4 Å². The lowest BCUT2D eigenvalue weighted by molar-refractivity contribution is -0.121. The van der Waals surface area contributed by atoms with E-state index in [1.807, 2.05) is 11.8 Å². The fourth-order valence-electron chi connectivity index (χ4n) is 3.51. The van der Waals surface area contributed by atoms with Gasteiger partial charge < -0.3 is 16.0 Å². The summed E-state index contributed by atoms with van der Waals surface area (Å²) in [4.78, 5) is 35.0. The van der Waals surface area contributed by atoms with Gasteiger partial charge in [-0.05, 0) is 25.7 Å². The molecule has 2 heterocycles. The average Bonchev–Trinajstić information content (AvgIpc) is 3.24. The molecule has 0 saturated carbocycles. The van der Waals surface area contributed by atoms with Crippen molar-refractivity contribution in [3.05, 3.63) is 0 Å². The molecule has 3 unspecified atom stereocenters. The minimum absolute atomic E-state index is 0.0354. The van der Waals surface area contributed by atoms with E-state index in [1.165, 1.54) is 0 Å². The number of carbonyl (C=O) groups is 3. The summed E-state index contributed by atoms with van der Waals surface area (Å²) < 4.78 is 0. The summed E-state index contributed by atoms with van der Waals surface area (Å²) >= 11 is 1.93. The van der Waals surface area contributed by atoms with Crippen LogP contribution in [0, 0.1) is 0 Å². The molecule has 29 heavy (non-hydrogen) atoms. The highest BCUT2D eigenvalue weighted by atomic mass is 33.1. The Labute approximate surface area is 187 Å². The topological polar surface area (TPSA) is 87.3 Å². The molecule has 2 fully saturated rings. The predicted molar refractivity (Wildman–Crippen MR) is 126 cm³/mol. The second-order valence-corrected chi connectivity index (χ2v) is 11.6. The molecule has 0 aromatic heterocycles. The van der Waals surface area contributed by atoms with Crippen molar-refractivity contribution in [2.24, 2.45) is 0 Å². The lowest BCUT2D eigenvalue weighted by Crippen LogP contribution is -2.36. The summed E-state index contributed by atoms with van der Waals surface area (Å²) in [6.07, 6.45) is 8.02. The van der Waals surface area contributed by atoms with Gasteiger partial charge in [0.05, 0.1) is 12.1 Å². The molecular formula is C20H35N3O3S3. The lowest BCUT2D eigenvalue weighted by Gasteiger charge is -2.16. The quantitative estimate of drug-likeness (QED) is 0.184. The van der Waals surface area contributed by atoms with Crippen molar-refractivity contribution in [3.63, 3.8) is 0 Å². The third kappa shape index (κ3) is 9.87. The van der Waals surface area contributed by atoms with Crippen LogP contribution in [0.1, 0.15) is 64.7 Å². The minimum atomic E-state index is -0.0354. The van der Waals surface area contributed by atoms with Crippen molar-refractivity contribution in [3.8, 4) is 0 Å².